The Morgan fingerprint density at radius 3 is 2.43 bits per heavy atom. The number of esters is 1. The molecule has 9 heteroatoms. The summed E-state index contributed by atoms with van der Waals surface area (Å²) >= 11 is 0.970. The lowest BCUT2D eigenvalue weighted by Gasteiger charge is -2.23. The van der Waals surface area contributed by atoms with E-state index in [9.17, 15) is 19.5 Å². The minimum atomic E-state index is -0.946. The predicted molar refractivity (Wildman–Crippen MR) is 141 cm³/mol. The fourth-order valence-corrected chi connectivity index (χ4v) is 4.97. The summed E-state index contributed by atoms with van der Waals surface area (Å²) < 4.78 is 10.6. The molecule has 0 saturated carbocycles. The Labute approximate surface area is 218 Å². The second-order valence-electron chi connectivity index (χ2n) is 8.34. The van der Waals surface area contributed by atoms with Crippen LogP contribution in [0.5, 0.6) is 5.75 Å². The highest BCUT2D eigenvalue weighted by molar-refractivity contribution is 7.17. The summed E-state index contributed by atoms with van der Waals surface area (Å²) in [5.74, 6) is -1.99. The molecular weight excluding hydrogens is 492 g/mol. The van der Waals surface area contributed by atoms with E-state index in [1.54, 1.807) is 56.3 Å². The first kappa shape index (κ1) is 25.8. The first-order valence-corrected chi connectivity index (χ1v) is 12.4. The highest BCUT2D eigenvalue weighted by atomic mass is 32.1. The van der Waals surface area contributed by atoms with Crippen LogP contribution in [0.4, 0.5) is 5.13 Å². The number of aryl methyl sites for hydroxylation is 2. The van der Waals surface area contributed by atoms with Crippen molar-refractivity contribution in [2.45, 2.75) is 26.8 Å². The summed E-state index contributed by atoms with van der Waals surface area (Å²) in [5, 5.41) is 11.4. The Morgan fingerprint density at radius 1 is 1.14 bits per heavy atom. The summed E-state index contributed by atoms with van der Waals surface area (Å²) in [4.78, 5) is 45.0. The van der Waals surface area contributed by atoms with E-state index in [0.717, 1.165) is 16.9 Å². The molecular formula is C28H26N2O6S. The van der Waals surface area contributed by atoms with Gasteiger partial charge in [0.1, 0.15) is 23.0 Å². The zero-order chi connectivity index (χ0) is 26.7. The molecule has 0 spiro atoms. The third-order valence-corrected chi connectivity index (χ3v) is 6.92. The summed E-state index contributed by atoms with van der Waals surface area (Å²) in [5.41, 5.74) is 2.27. The molecule has 3 aromatic rings. The lowest BCUT2D eigenvalue weighted by molar-refractivity contribution is -0.132. The van der Waals surface area contributed by atoms with Gasteiger partial charge in [0, 0.05) is 5.56 Å². The molecule has 1 atom stereocenters. The van der Waals surface area contributed by atoms with Crippen LogP contribution >= 0.6 is 11.3 Å². The van der Waals surface area contributed by atoms with Crippen LogP contribution in [0.2, 0.25) is 0 Å². The van der Waals surface area contributed by atoms with Crippen molar-refractivity contribution in [3.63, 3.8) is 0 Å². The van der Waals surface area contributed by atoms with E-state index in [1.807, 2.05) is 19.1 Å². The number of Topliss-reactive ketones (excluding diaryl/α,β-unsaturated/α-hetero) is 1. The number of hydrogen-bond acceptors (Lipinski definition) is 8. The van der Waals surface area contributed by atoms with Crippen LogP contribution < -0.4 is 9.64 Å². The first-order chi connectivity index (χ1) is 17.8. The molecule has 4 rings (SSSR count). The average molecular weight is 519 g/mol. The number of thiazole rings is 1. The second-order valence-corrected chi connectivity index (χ2v) is 9.31. The van der Waals surface area contributed by atoms with Crippen LogP contribution in [0.1, 0.15) is 45.0 Å². The van der Waals surface area contributed by atoms with Crippen molar-refractivity contribution in [1.29, 1.82) is 0 Å². The second kappa shape index (κ2) is 10.8. The number of aliphatic hydroxyl groups excluding tert-OH is 1. The van der Waals surface area contributed by atoms with Gasteiger partial charge in [-0.15, -0.1) is 0 Å². The van der Waals surface area contributed by atoms with Gasteiger partial charge in [0.2, 0.25) is 0 Å². The maximum atomic E-state index is 13.3. The van der Waals surface area contributed by atoms with Gasteiger partial charge in [0.25, 0.3) is 5.78 Å². The SMILES string of the molecule is C=CCOc1ccc(/C(O)=C2\C(=O)C(=O)N(c3nc(C)c(C(=O)OCC)s3)[C@H]2c2ccc(C)cc2)cc1. The molecule has 2 heterocycles. The van der Waals surface area contributed by atoms with Crippen molar-refractivity contribution in [3.05, 3.63) is 94.0 Å². The molecule has 0 bridgehead atoms. The molecule has 1 fully saturated rings. The van der Waals surface area contributed by atoms with Gasteiger partial charge in [-0.1, -0.05) is 53.8 Å². The van der Waals surface area contributed by atoms with Crippen LogP contribution in [-0.4, -0.2) is 41.0 Å². The predicted octanol–water partition coefficient (Wildman–Crippen LogP) is 5.13. The van der Waals surface area contributed by atoms with Gasteiger partial charge in [-0.3, -0.25) is 14.5 Å². The largest absolute Gasteiger partial charge is 0.507 e. The Bertz CT molecular complexity index is 1390. The zero-order valence-electron chi connectivity index (χ0n) is 20.7. The molecule has 1 saturated heterocycles. The number of anilines is 1. The van der Waals surface area contributed by atoms with Gasteiger partial charge in [0.15, 0.2) is 5.13 Å². The number of aliphatic hydroxyl groups is 1. The fourth-order valence-electron chi connectivity index (χ4n) is 3.98. The minimum absolute atomic E-state index is 0.0702. The Morgan fingerprint density at radius 2 is 1.81 bits per heavy atom. The molecule has 1 aliphatic heterocycles. The lowest BCUT2D eigenvalue weighted by atomic mass is 9.95. The summed E-state index contributed by atoms with van der Waals surface area (Å²) in [7, 11) is 0. The van der Waals surface area contributed by atoms with Gasteiger partial charge >= 0.3 is 11.9 Å². The number of carbonyl (C=O) groups is 3. The van der Waals surface area contributed by atoms with Gasteiger partial charge in [-0.05, 0) is 50.6 Å². The molecule has 0 unspecified atom stereocenters. The zero-order valence-corrected chi connectivity index (χ0v) is 21.5. The Hall–Kier alpha value is -4.24. The Kier molecular flexibility index (Phi) is 7.54. The molecule has 0 radical (unpaired) electrons. The van der Waals surface area contributed by atoms with Gasteiger partial charge in [-0.2, -0.15) is 0 Å². The molecule has 1 amide bonds. The van der Waals surface area contributed by atoms with Gasteiger partial charge in [-0.25, -0.2) is 9.78 Å². The highest BCUT2D eigenvalue weighted by Gasteiger charge is 2.48. The summed E-state index contributed by atoms with van der Waals surface area (Å²) in [6.07, 6.45) is 1.62. The smallest absolute Gasteiger partial charge is 0.350 e. The highest BCUT2D eigenvalue weighted by Crippen LogP contribution is 2.44. The number of carbonyl (C=O) groups excluding carboxylic acids is 3. The van der Waals surface area contributed by atoms with Crippen molar-refractivity contribution in [1.82, 2.24) is 4.98 Å². The quantitative estimate of drug-likeness (QED) is 0.145. The van der Waals surface area contributed by atoms with Gasteiger partial charge in [0.05, 0.1) is 23.9 Å². The summed E-state index contributed by atoms with van der Waals surface area (Å²) in [6, 6.07) is 12.9. The molecule has 1 aliphatic rings. The maximum Gasteiger partial charge on any atom is 0.350 e. The van der Waals surface area contributed by atoms with E-state index >= 15 is 0 Å². The van der Waals surface area contributed by atoms with Crippen molar-refractivity contribution >= 4 is 39.9 Å². The number of aromatic nitrogens is 1. The molecule has 37 heavy (non-hydrogen) atoms. The topological polar surface area (TPSA) is 106 Å². The number of rotatable bonds is 8. The van der Waals surface area contributed by atoms with Crippen molar-refractivity contribution in [2.75, 3.05) is 18.1 Å². The van der Waals surface area contributed by atoms with Crippen molar-refractivity contribution < 1.29 is 29.0 Å². The van der Waals surface area contributed by atoms with E-state index in [4.69, 9.17) is 9.47 Å². The molecule has 2 aromatic carbocycles. The minimum Gasteiger partial charge on any atom is -0.507 e. The number of hydrogen-bond donors (Lipinski definition) is 1. The van der Waals surface area contributed by atoms with E-state index in [1.165, 1.54) is 4.90 Å². The third-order valence-electron chi connectivity index (χ3n) is 5.79. The lowest BCUT2D eigenvalue weighted by Crippen LogP contribution is -2.29. The van der Waals surface area contributed by atoms with Crippen LogP contribution in [0.15, 0.2) is 66.8 Å². The van der Waals surface area contributed by atoms with Crippen LogP contribution in [0, 0.1) is 13.8 Å². The molecule has 8 nitrogen and oxygen atoms in total. The maximum absolute atomic E-state index is 13.3. The van der Waals surface area contributed by atoms with Gasteiger partial charge < -0.3 is 14.6 Å². The first-order valence-electron chi connectivity index (χ1n) is 11.6. The van der Waals surface area contributed by atoms with E-state index < -0.39 is 23.7 Å². The average Bonchev–Trinajstić information content (AvgIpc) is 3.40. The van der Waals surface area contributed by atoms with E-state index in [-0.39, 0.29) is 27.9 Å². The van der Waals surface area contributed by atoms with Crippen LogP contribution in [0.25, 0.3) is 5.76 Å². The molecule has 1 N–H and O–H groups in total. The number of ketones is 1. The molecule has 190 valence electrons. The number of benzene rings is 2. The van der Waals surface area contributed by atoms with E-state index in [0.29, 0.717) is 29.2 Å². The monoisotopic (exact) mass is 518 g/mol. The van der Waals surface area contributed by atoms with Crippen molar-refractivity contribution in [2.24, 2.45) is 0 Å². The Balaban J connectivity index is 1.84. The normalized spacial score (nSPS) is 16.6. The molecule has 1 aromatic heterocycles. The van der Waals surface area contributed by atoms with Crippen LogP contribution in [0.3, 0.4) is 0 Å². The number of nitrogens with zero attached hydrogens (tertiary/aromatic N) is 2. The third kappa shape index (κ3) is 5.03. The molecule has 0 aliphatic carbocycles. The fraction of sp³-hybridized carbons (Fsp3) is 0.214. The van der Waals surface area contributed by atoms with Crippen molar-refractivity contribution in [3.8, 4) is 5.75 Å². The number of ether oxygens (including phenoxy) is 2. The van der Waals surface area contributed by atoms with E-state index in [2.05, 4.69) is 11.6 Å². The summed E-state index contributed by atoms with van der Waals surface area (Å²) in [6.45, 7) is 9.39. The number of amides is 1. The van der Waals surface area contributed by atoms with Crippen LogP contribution in [-0.2, 0) is 14.3 Å². The standard InChI is InChI=1S/C28H26N2O6S/c1-5-15-36-20-13-11-19(12-14-20)23(31)21-22(18-9-7-16(3)8-10-18)30(26(33)24(21)32)28-29-17(4)25(37-28)27(34)35-6-2/h5,7-14,22,31H,1,6,15H2,2-4H3/b23-21+/t22-/m0/s1.